The number of benzene rings is 1. The lowest BCUT2D eigenvalue weighted by molar-refractivity contribution is -0.0875. The maximum absolute atomic E-state index is 14.0. The van der Waals surface area contributed by atoms with E-state index in [0.29, 0.717) is 19.0 Å². The van der Waals surface area contributed by atoms with Gasteiger partial charge in [0.25, 0.3) is 5.91 Å². The van der Waals surface area contributed by atoms with Gasteiger partial charge in [0, 0.05) is 19.2 Å². The molecule has 23 heavy (non-hydrogen) atoms. The van der Waals surface area contributed by atoms with Crippen LogP contribution in [0.25, 0.3) is 0 Å². The highest BCUT2D eigenvalue weighted by Crippen LogP contribution is 2.37. The Hall–Kier alpha value is -1.62. The van der Waals surface area contributed by atoms with Gasteiger partial charge in [0.15, 0.2) is 0 Å². The van der Waals surface area contributed by atoms with E-state index in [1.165, 1.54) is 12.1 Å². The first kappa shape index (κ1) is 16.2. The highest BCUT2D eigenvalue weighted by atomic mass is 19.1. The number of amides is 1. The molecular weight excluding hydrogens is 297 g/mol. The number of aromatic hydroxyl groups is 1. The number of hydrogen-bond donors (Lipinski definition) is 1. The van der Waals surface area contributed by atoms with E-state index in [2.05, 4.69) is 6.92 Å². The van der Waals surface area contributed by atoms with Crippen molar-refractivity contribution >= 4 is 5.91 Å². The SMILES string of the molecule is CCCC[C@@H]1CN(C(=O)c2ccc(O)cc2F)C[C@H](C2CC2)O1. The largest absolute Gasteiger partial charge is 0.508 e. The molecule has 2 fully saturated rings. The molecule has 2 aliphatic rings. The highest BCUT2D eigenvalue weighted by Gasteiger charge is 2.39. The second-order valence-electron chi connectivity index (χ2n) is 6.65. The van der Waals surface area contributed by atoms with Crippen LogP contribution in [0.4, 0.5) is 4.39 Å². The van der Waals surface area contributed by atoms with E-state index < -0.39 is 5.82 Å². The third-order valence-corrected chi connectivity index (χ3v) is 4.69. The van der Waals surface area contributed by atoms with Crippen molar-refractivity contribution in [3.05, 3.63) is 29.6 Å². The molecule has 126 valence electrons. The van der Waals surface area contributed by atoms with Crippen LogP contribution in [-0.2, 0) is 4.74 Å². The van der Waals surface area contributed by atoms with E-state index in [1.54, 1.807) is 4.90 Å². The molecule has 4 nitrogen and oxygen atoms in total. The van der Waals surface area contributed by atoms with Gasteiger partial charge in [-0.05, 0) is 37.3 Å². The highest BCUT2D eigenvalue weighted by molar-refractivity contribution is 5.94. The Balaban J connectivity index is 1.74. The minimum absolute atomic E-state index is 0.0217. The van der Waals surface area contributed by atoms with Gasteiger partial charge < -0.3 is 14.7 Å². The van der Waals surface area contributed by atoms with E-state index in [4.69, 9.17) is 4.74 Å². The van der Waals surface area contributed by atoms with Crippen LogP contribution in [0.2, 0.25) is 0 Å². The molecule has 1 saturated heterocycles. The summed E-state index contributed by atoms with van der Waals surface area (Å²) in [7, 11) is 0. The minimum Gasteiger partial charge on any atom is -0.508 e. The van der Waals surface area contributed by atoms with E-state index in [-0.39, 0.29) is 29.4 Å². The van der Waals surface area contributed by atoms with Crippen molar-refractivity contribution in [3.63, 3.8) is 0 Å². The average molecular weight is 321 g/mol. The normalized spacial score (nSPS) is 24.7. The van der Waals surface area contributed by atoms with Gasteiger partial charge in [-0.1, -0.05) is 19.8 Å². The number of phenols is 1. The van der Waals surface area contributed by atoms with Crippen LogP contribution in [0, 0.1) is 11.7 Å². The molecule has 0 radical (unpaired) electrons. The van der Waals surface area contributed by atoms with Gasteiger partial charge >= 0.3 is 0 Å². The number of morpholine rings is 1. The molecule has 1 saturated carbocycles. The predicted molar refractivity (Wildman–Crippen MR) is 84.9 cm³/mol. The van der Waals surface area contributed by atoms with Crippen molar-refractivity contribution in [2.24, 2.45) is 5.92 Å². The van der Waals surface area contributed by atoms with Crippen molar-refractivity contribution in [3.8, 4) is 5.75 Å². The molecule has 1 aromatic carbocycles. The molecule has 1 aromatic rings. The number of phenolic OH excluding ortho intramolecular Hbond substituents is 1. The molecule has 1 aliphatic carbocycles. The maximum atomic E-state index is 14.0. The fourth-order valence-corrected chi connectivity index (χ4v) is 3.20. The topological polar surface area (TPSA) is 49.8 Å². The number of carbonyl (C=O) groups is 1. The summed E-state index contributed by atoms with van der Waals surface area (Å²) in [5.74, 6) is -0.607. The molecule has 1 aliphatic heterocycles. The van der Waals surface area contributed by atoms with Crippen LogP contribution in [0.5, 0.6) is 5.75 Å². The average Bonchev–Trinajstić information content (AvgIpc) is 3.37. The number of carbonyl (C=O) groups excluding carboxylic acids is 1. The zero-order valence-electron chi connectivity index (χ0n) is 13.5. The molecule has 0 bridgehead atoms. The number of rotatable bonds is 5. The summed E-state index contributed by atoms with van der Waals surface area (Å²) < 4.78 is 20.1. The van der Waals surface area contributed by atoms with Crippen LogP contribution in [-0.4, -0.2) is 41.2 Å². The summed E-state index contributed by atoms with van der Waals surface area (Å²) in [4.78, 5) is 14.4. The first-order chi connectivity index (χ1) is 11.1. The molecule has 5 heteroatoms. The van der Waals surface area contributed by atoms with Crippen LogP contribution < -0.4 is 0 Å². The second-order valence-corrected chi connectivity index (χ2v) is 6.65. The van der Waals surface area contributed by atoms with E-state index >= 15 is 0 Å². The van der Waals surface area contributed by atoms with Gasteiger partial charge in [-0.3, -0.25) is 4.79 Å². The van der Waals surface area contributed by atoms with Crippen molar-refractivity contribution in [2.75, 3.05) is 13.1 Å². The summed E-state index contributed by atoms with van der Waals surface area (Å²) in [6.45, 7) is 3.19. The van der Waals surface area contributed by atoms with Gasteiger partial charge in [0.1, 0.15) is 11.6 Å². The standard InChI is InChI=1S/C18H24FNO3/c1-2-3-4-14-10-20(11-17(23-14)12-5-6-12)18(22)15-8-7-13(21)9-16(15)19/h7-9,12,14,17,21H,2-6,10-11H2,1H3/t14-,17-/m1/s1. The Labute approximate surface area is 136 Å². The van der Waals surface area contributed by atoms with Gasteiger partial charge in [0.2, 0.25) is 0 Å². The van der Waals surface area contributed by atoms with Gasteiger partial charge in [-0.15, -0.1) is 0 Å². The molecular formula is C18H24FNO3. The molecule has 1 heterocycles. The fourth-order valence-electron chi connectivity index (χ4n) is 3.20. The van der Waals surface area contributed by atoms with Crippen LogP contribution in [0.1, 0.15) is 49.4 Å². The van der Waals surface area contributed by atoms with Gasteiger partial charge in [-0.2, -0.15) is 0 Å². The fraction of sp³-hybridized carbons (Fsp3) is 0.611. The van der Waals surface area contributed by atoms with Gasteiger partial charge in [0.05, 0.1) is 17.8 Å². The lowest BCUT2D eigenvalue weighted by atomic mass is 10.1. The Morgan fingerprint density at radius 2 is 2.17 bits per heavy atom. The molecule has 1 amide bonds. The van der Waals surface area contributed by atoms with Crippen molar-refractivity contribution in [2.45, 2.75) is 51.2 Å². The Morgan fingerprint density at radius 3 is 2.83 bits per heavy atom. The lowest BCUT2D eigenvalue weighted by Crippen LogP contribution is -2.51. The number of unbranched alkanes of at least 4 members (excludes halogenated alkanes) is 1. The monoisotopic (exact) mass is 321 g/mol. The van der Waals surface area contributed by atoms with Crippen molar-refractivity contribution in [1.82, 2.24) is 4.90 Å². The molecule has 2 atom stereocenters. The van der Waals surface area contributed by atoms with Crippen LogP contribution in [0.15, 0.2) is 18.2 Å². The van der Waals surface area contributed by atoms with Crippen LogP contribution >= 0.6 is 0 Å². The third kappa shape index (κ3) is 3.83. The number of ether oxygens (including phenoxy) is 1. The van der Waals surface area contributed by atoms with E-state index in [9.17, 15) is 14.3 Å². The quantitative estimate of drug-likeness (QED) is 0.905. The summed E-state index contributed by atoms with van der Waals surface area (Å²) in [6, 6.07) is 3.69. The Bertz CT molecular complexity index is 573. The third-order valence-electron chi connectivity index (χ3n) is 4.69. The van der Waals surface area contributed by atoms with Crippen molar-refractivity contribution < 1.29 is 19.0 Å². The smallest absolute Gasteiger partial charge is 0.257 e. The summed E-state index contributed by atoms with van der Waals surface area (Å²) in [6.07, 6.45) is 5.52. The summed E-state index contributed by atoms with van der Waals surface area (Å²) in [5, 5.41) is 9.31. The lowest BCUT2D eigenvalue weighted by Gasteiger charge is -2.38. The number of nitrogens with zero attached hydrogens (tertiary/aromatic N) is 1. The molecule has 1 N–H and O–H groups in total. The molecule has 0 aromatic heterocycles. The molecule has 3 rings (SSSR count). The maximum Gasteiger partial charge on any atom is 0.257 e. The first-order valence-corrected chi connectivity index (χ1v) is 8.51. The molecule has 0 unspecified atom stereocenters. The van der Waals surface area contributed by atoms with Crippen LogP contribution in [0.3, 0.4) is 0 Å². The minimum atomic E-state index is -0.672. The Morgan fingerprint density at radius 1 is 1.39 bits per heavy atom. The molecule has 0 spiro atoms. The van der Waals surface area contributed by atoms with Gasteiger partial charge in [-0.25, -0.2) is 4.39 Å². The first-order valence-electron chi connectivity index (χ1n) is 8.51. The van der Waals surface area contributed by atoms with Crippen molar-refractivity contribution in [1.29, 1.82) is 0 Å². The number of hydrogen-bond acceptors (Lipinski definition) is 3. The van der Waals surface area contributed by atoms with E-state index in [0.717, 1.165) is 38.2 Å². The van der Waals surface area contributed by atoms with E-state index in [1.807, 2.05) is 0 Å². The summed E-state index contributed by atoms with van der Waals surface area (Å²) >= 11 is 0. The second kappa shape index (κ2) is 6.87. The number of halogens is 1. The zero-order chi connectivity index (χ0) is 16.4. The Kier molecular flexibility index (Phi) is 4.85. The zero-order valence-corrected chi connectivity index (χ0v) is 13.5. The predicted octanol–water partition coefficient (Wildman–Crippen LogP) is 3.34. The summed E-state index contributed by atoms with van der Waals surface area (Å²) in [5.41, 5.74) is 0.0217.